The van der Waals surface area contributed by atoms with Gasteiger partial charge in [-0.3, -0.25) is 4.90 Å². The molecule has 0 bridgehead atoms. The van der Waals surface area contributed by atoms with Gasteiger partial charge in [-0.1, -0.05) is 13.3 Å². The molecule has 0 aromatic rings. The molecule has 1 N–H and O–H groups in total. The van der Waals surface area contributed by atoms with Crippen LogP contribution in [0.4, 0.5) is 0 Å². The molecule has 4 nitrogen and oxygen atoms in total. The van der Waals surface area contributed by atoms with E-state index in [1.54, 1.807) is 0 Å². The van der Waals surface area contributed by atoms with E-state index >= 15 is 0 Å². The lowest BCUT2D eigenvalue weighted by molar-refractivity contribution is -0.0361. The molecule has 0 saturated carbocycles. The number of nitrogens with one attached hydrogen (secondary N) is 1. The maximum atomic E-state index is 5.87. The highest BCUT2D eigenvalue weighted by Gasteiger charge is 2.22. The minimum Gasteiger partial charge on any atom is -0.374 e. The van der Waals surface area contributed by atoms with Gasteiger partial charge in [0.15, 0.2) is 0 Å². The van der Waals surface area contributed by atoms with Crippen LogP contribution in [0.15, 0.2) is 0 Å². The lowest BCUT2D eigenvalue weighted by Crippen LogP contribution is -2.49. The summed E-state index contributed by atoms with van der Waals surface area (Å²) in [5.41, 5.74) is 0. The molecular weight excluding hydrogens is 226 g/mol. The minimum atomic E-state index is 0.396. The van der Waals surface area contributed by atoms with Crippen LogP contribution in [0.2, 0.25) is 0 Å². The molecule has 0 radical (unpaired) electrons. The molecule has 2 fully saturated rings. The van der Waals surface area contributed by atoms with Crippen LogP contribution < -0.4 is 5.32 Å². The van der Waals surface area contributed by atoms with E-state index in [1.165, 1.54) is 32.4 Å². The Bertz CT molecular complexity index is 231. The molecule has 0 spiro atoms. The van der Waals surface area contributed by atoms with E-state index in [4.69, 9.17) is 4.74 Å². The van der Waals surface area contributed by atoms with Gasteiger partial charge in [0.05, 0.1) is 12.7 Å². The highest BCUT2D eigenvalue weighted by Crippen LogP contribution is 2.10. The van der Waals surface area contributed by atoms with Gasteiger partial charge in [-0.25, -0.2) is 0 Å². The predicted octanol–water partition coefficient (Wildman–Crippen LogP) is 0.781. The fourth-order valence-electron chi connectivity index (χ4n) is 2.99. The van der Waals surface area contributed by atoms with E-state index in [0.717, 1.165) is 32.8 Å². The third-order valence-electron chi connectivity index (χ3n) is 4.14. The monoisotopic (exact) mass is 255 g/mol. The summed E-state index contributed by atoms with van der Waals surface area (Å²) in [4.78, 5) is 4.92. The molecule has 4 heteroatoms. The first kappa shape index (κ1) is 14.3. The molecule has 2 saturated heterocycles. The first-order chi connectivity index (χ1) is 8.78. The van der Waals surface area contributed by atoms with Crippen molar-refractivity contribution in [2.24, 2.45) is 0 Å². The van der Waals surface area contributed by atoms with Gasteiger partial charge in [0.2, 0.25) is 0 Å². The molecule has 106 valence electrons. The van der Waals surface area contributed by atoms with E-state index in [0.29, 0.717) is 12.1 Å². The normalized spacial score (nSPS) is 30.8. The summed E-state index contributed by atoms with van der Waals surface area (Å²) in [6.07, 6.45) is 4.46. The average molecular weight is 255 g/mol. The summed E-state index contributed by atoms with van der Waals surface area (Å²) < 4.78 is 5.87. The van der Waals surface area contributed by atoms with Crippen molar-refractivity contribution in [2.75, 3.05) is 52.9 Å². The van der Waals surface area contributed by atoms with Gasteiger partial charge in [0.25, 0.3) is 0 Å². The number of rotatable bonds is 5. The topological polar surface area (TPSA) is 27.7 Å². The summed E-state index contributed by atoms with van der Waals surface area (Å²) in [5, 5.41) is 3.64. The number of morpholine rings is 1. The largest absolute Gasteiger partial charge is 0.374 e. The van der Waals surface area contributed by atoms with E-state index in [9.17, 15) is 0 Å². The molecule has 18 heavy (non-hydrogen) atoms. The zero-order chi connectivity index (χ0) is 12.8. The van der Waals surface area contributed by atoms with Crippen LogP contribution in [0.25, 0.3) is 0 Å². The zero-order valence-electron chi connectivity index (χ0n) is 12.0. The number of hydrogen-bond donors (Lipinski definition) is 1. The number of piperidine rings is 1. The van der Waals surface area contributed by atoms with Gasteiger partial charge < -0.3 is 15.0 Å². The molecule has 2 heterocycles. The van der Waals surface area contributed by atoms with Crippen molar-refractivity contribution in [1.82, 2.24) is 15.1 Å². The second-order valence-electron chi connectivity index (χ2n) is 5.75. The Balaban J connectivity index is 1.73. The van der Waals surface area contributed by atoms with Crippen molar-refractivity contribution in [3.63, 3.8) is 0 Å². The molecule has 0 aliphatic carbocycles. The van der Waals surface area contributed by atoms with E-state index in [2.05, 4.69) is 29.1 Å². The molecular formula is C14H29N3O. The summed E-state index contributed by atoms with van der Waals surface area (Å²) in [7, 11) is 2.19. The number of ether oxygens (including phenoxy) is 1. The first-order valence-electron chi connectivity index (χ1n) is 7.54. The summed E-state index contributed by atoms with van der Waals surface area (Å²) in [6.45, 7) is 9.89. The van der Waals surface area contributed by atoms with Gasteiger partial charge in [-0.15, -0.1) is 0 Å². The number of nitrogens with zero attached hydrogens (tertiary/aromatic N) is 2. The highest BCUT2D eigenvalue weighted by molar-refractivity contribution is 4.79. The van der Waals surface area contributed by atoms with Crippen LogP contribution in [-0.2, 0) is 4.74 Å². The molecule has 2 atom stereocenters. The van der Waals surface area contributed by atoms with E-state index in [-0.39, 0.29) is 0 Å². The van der Waals surface area contributed by atoms with Crippen molar-refractivity contribution < 1.29 is 4.74 Å². The maximum absolute atomic E-state index is 5.87. The fraction of sp³-hybridized carbons (Fsp3) is 1.00. The van der Waals surface area contributed by atoms with Crippen LogP contribution in [0.5, 0.6) is 0 Å². The van der Waals surface area contributed by atoms with Crippen LogP contribution in [0.1, 0.15) is 26.2 Å². The Morgan fingerprint density at radius 1 is 1.33 bits per heavy atom. The highest BCUT2D eigenvalue weighted by atomic mass is 16.5. The predicted molar refractivity (Wildman–Crippen MR) is 75.0 cm³/mol. The van der Waals surface area contributed by atoms with Crippen molar-refractivity contribution in [2.45, 2.75) is 38.3 Å². The smallest absolute Gasteiger partial charge is 0.0829 e. The quantitative estimate of drug-likeness (QED) is 0.786. The molecule has 0 aromatic carbocycles. The average Bonchev–Trinajstić information content (AvgIpc) is 2.39. The first-order valence-corrected chi connectivity index (χ1v) is 7.54. The summed E-state index contributed by atoms with van der Waals surface area (Å²) in [5.74, 6) is 0. The van der Waals surface area contributed by atoms with Crippen LogP contribution in [0.3, 0.4) is 0 Å². The molecule has 2 aliphatic heterocycles. The Hall–Kier alpha value is -0.160. The zero-order valence-corrected chi connectivity index (χ0v) is 12.0. The minimum absolute atomic E-state index is 0.396. The van der Waals surface area contributed by atoms with Crippen LogP contribution >= 0.6 is 0 Å². The Kier molecular flexibility index (Phi) is 5.89. The fourth-order valence-corrected chi connectivity index (χ4v) is 2.99. The lowest BCUT2D eigenvalue weighted by atomic mass is 10.0. The number of hydrogen-bond acceptors (Lipinski definition) is 4. The van der Waals surface area contributed by atoms with Crippen molar-refractivity contribution in [1.29, 1.82) is 0 Å². The maximum Gasteiger partial charge on any atom is 0.0829 e. The Labute approximate surface area is 112 Å². The second-order valence-corrected chi connectivity index (χ2v) is 5.75. The van der Waals surface area contributed by atoms with Gasteiger partial charge in [0.1, 0.15) is 0 Å². The second kappa shape index (κ2) is 7.43. The molecule has 0 aromatic heterocycles. The standard InChI is InChI=1S/C14H29N3O/c1-3-17(10-13-6-4-5-7-15-13)12-14-11-16(2)8-9-18-14/h13-15H,3-12H2,1-2H3. The third kappa shape index (κ3) is 4.50. The van der Waals surface area contributed by atoms with Crippen LogP contribution in [-0.4, -0.2) is 74.9 Å². The Morgan fingerprint density at radius 3 is 2.89 bits per heavy atom. The molecule has 2 unspecified atom stereocenters. The molecule has 2 aliphatic rings. The van der Waals surface area contributed by atoms with Gasteiger partial charge in [0, 0.05) is 32.2 Å². The van der Waals surface area contributed by atoms with Crippen LogP contribution in [0, 0.1) is 0 Å². The van der Waals surface area contributed by atoms with Crippen molar-refractivity contribution in [3.05, 3.63) is 0 Å². The summed E-state index contributed by atoms with van der Waals surface area (Å²) >= 11 is 0. The van der Waals surface area contributed by atoms with Crippen molar-refractivity contribution >= 4 is 0 Å². The Morgan fingerprint density at radius 2 is 2.22 bits per heavy atom. The van der Waals surface area contributed by atoms with Gasteiger partial charge in [-0.05, 0) is 33.0 Å². The van der Waals surface area contributed by atoms with E-state index < -0.39 is 0 Å². The lowest BCUT2D eigenvalue weighted by Gasteiger charge is -2.35. The number of likely N-dealkylation sites (N-methyl/N-ethyl adjacent to an activating group) is 2. The summed E-state index contributed by atoms with van der Waals surface area (Å²) in [6, 6.07) is 0.694. The SMILES string of the molecule is CCN(CC1CCCCN1)CC1CN(C)CCO1. The van der Waals surface area contributed by atoms with E-state index in [1.807, 2.05) is 0 Å². The van der Waals surface area contributed by atoms with Gasteiger partial charge >= 0.3 is 0 Å². The third-order valence-corrected chi connectivity index (χ3v) is 4.14. The van der Waals surface area contributed by atoms with Crippen molar-refractivity contribution in [3.8, 4) is 0 Å². The van der Waals surface area contributed by atoms with Gasteiger partial charge in [-0.2, -0.15) is 0 Å². The molecule has 2 rings (SSSR count). The molecule has 0 amide bonds.